The molecule has 0 aromatic rings. The van der Waals surface area contributed by atoms with Gasteiger partial charge in [0.15, 0.2) is 0 Å². The number of rotatable bonds is 2. The third kappa shape index (κ3) is 4.72. The van der Waals surface area contributed by atoms with Crippen LogP contribution in [0.25, 0.3) is 0 Å². The largest absolute Gasteiger partial charge is 0.515 e. The average molecular weight is 225 g/mol. The quantitative estimate of drug-likeness (QED) is 0.249. The van der Waals surface area contributed by atoms with Crippen molar-refractivity contribution >= 4 is 6.29 Å². The predicted molar refractivity (Wildman–Crippen MR) is 62.9 cm³/mol. The lowest BCUT2D eigenvalue weighted by atomic mass is 9.90. The van der Waals surface area contributed by atoms with E-state index >= 15 is 0 Å². The lowest BCUT2D eigenvalue weighted by molar-refractivity contribution is -0.105. The van der Waals surface area contributed by atoms with Crippen LogP contribution in [0.2, 0.25) is 0 Å². The molecule has 5 heteroatoms. The molecule has 5 nitrogen and oxygen atoms in total. The number of carbonyl (C=O) groups is 1. The average Bonchev–Trinajstić information content (AvgIpc) is 2.31. The number of aliphatic hydroxyl groups is 1. The van der Waals surface area contributed by atoms with Crippen molar-refractivity contribution in [1.29, 1.82) is 0 Å². The van der Waals surface area contributed by atoms with Crippen LogP contribution in [0.15, 0.2) is 33.3 Å². The summed E-state index contributed by atoms with van der Waals surface area (Å²) in [6, 6.07) is 0. The maximum Gasteiger partial charge on any atom is 0.146 e. The van der Waals surface area contributed by atoms with Gasteiger partial charge in [-0.15, -0.1) is 0 Å². The van der Waals surface area contributed by atoms with Crippen LogP contribution in [0.3, 0.4) is 0 Å². The Morgan fingerprint density at radius 2 is 2.19 bits per heavy atom. The van der Waals surface area contributed by atoms with E-state index in [0.717, 1.165) is 48.5 Å². The van der Waals surface area contributed by atoms with Crippen molar-refractivity contribution in [2.24, 2.45) is 16.2 Å². The Morgan fingerprint density at radius 1 is 1.50 bits per heavy atom. The summed E-state index contributed by atoms with van der Waals surface area (Å²) >= 11 is 0. The van der Waals surface area contributed by atoms with E-state index in [1.165, 1.54) is 0 Å². The van der Waals surface area contributed by atoms with Crippen molar-refractivity contribution in [3.8, 4) is 0 Å². The van der Waals surface area contributed by atoms with Gasteiger partial charge >= 0.3 is 0 Å². The summed E-state index contributed by atoms with van der Waals surface area (Å²) < 4.78 is 0. The van der Waals surface area contributed by atoms with Gasteiger partial charge < -0.3 is 10.9 Å². The molecule has 0 atom stereocenters. The zero-order chi connectivity index (χ0) is 12.4. The first kappa shape index (κ1) is 14.3. The van der Waals surface area contributed by atoms with E-state index in [4.69, 9.17) is 5.11 Å². The number of aldehydes is 1. The summed E-state index contributed by atoms with van der Waals surface area (Å²) in [4.78, 5) is 10.5. The van der Waals surface area contributed by atoms with E-state index < -0.39 is 0 Å². The monoisotopic (exact) mass is 225 g/mol. The minimum Gasteiger partial charge on any atom is -0.515 e. The predicted octanol–water partition coefficient (Wildman–Crippen LogP) is 2.46. The van der Waals surface area contributed by atoms with E-state index in [9.17, 15) is 4.79 Å². The van der Waals surface area contributed by atoms with Crippen LogP contribution in [0.5, 0.6) is 0 Å². The third-order valence-corrected chi connectivity index (χ3v) is 2.38. The molecule has 0 radical (unpaired) electrons. The van der Waals surface area contributed by atoms with E-state index in [2.05, 4.69) is 16.2 Å². The van der Waals surface area contributed by atoms with Gasteiger partial charge in [0.05, 0.1) is 12.8 Å². The lowest BCUT2D eigenvalue weighted by Crippen LogP contribution is -2.01. The molecule has 16 heavy (non-hydrogen) atoms. The Labute approximate surface area is 95.7 Å². The van der Waals surface area contributed by atoms with Crippen molar-refractivity contribution in [2.45, 2.75) is 33.1 Å². The minimum absolute atomic E-state index is 0.677. The summed E-state index contributed by atoms with van der Waals surface area (Å²) in [5, 5.41) is 15.1. The SMILES string of the molecule is CC1=C(C=O)CCCC1=CO.CCN=NN. The number of nitrogens with two attached hydrogens (primary N) is 1. The standard InChI is InChI=1S/C9H12O2.C2H7N3/c1-7-8(5-10)3-2-4-9(7)6-11;1-2-4-5-3/h5-6,10H,2-4H2,1H3;2H2,1H3,(H2,3,4). The Kier molecular flexibility index (Phi) is 7.75. The zero-order valence-corrected chi connectivity index (χ0v) is 9.81. The summed E-state index contributed by atoms with van der Waals surface area (Å²) in [6.45, 7) is 4.43. The summed E-state index contributed by atoms with van der Waals surface area (Å²) in [5.41, 5.74) is 2.68. The molecule has 1 aliphatic rings. The van der Waals surface area contributed by atoms with Crippen LogP contribution < -0.4 is 5.84 Å². The second-order valence-electron chi connectivity index (χ2n) is 3.35. The molecular formula is C11H19N3O2. The highest BCUT2D eigenvalue weighted by atomic mass is 16.2. The van der Waals surface area contributed by atoms with Gasteiger partial charge in [-0.2, -0.15) is 5.11 Å². The molecule has 1 rings (SSSR count). The van der Waals surface area contributed by atoms with E-state index in [0.29, 0.717) is 6.54 Å². The fourth-order valence-electron chi connectivity index (χ4n) is 1.44. The first-order chi connectivity index (χ1) is 7.71. The Bertz CT molecular complexity index is 306. The molecule has 0 aliphatic heterocycles. The van der Waals surface area contributed by atoms with Crippen molar-refractivity contribution < 1.29 is 9.90 Å². The second-order valence-corrected chi connectivity index (χ2v) is 3.35. The highest BCUT2D eigenvalue weighted by Crippen LogP contribution is 2.27. The molecule has 0 amide bonds. The van der Waals surface area contributed by atoms with Crippen molar-refractivity contribution in [1.82, 2.24) is 0 Å². The first-order valence-electron chi connectivity index (χ1n) is 5.26. The summed E-state index contributed by atoms with van der Waals surface area (Å²) in [7, 11) is 0. The Balaban J connectivity index is 0.000000385. The van der Waals surface area contributed by atoms with E-state index in [1.807, 2.05) is 13.8 Å². The van der Waals surface area contributed by atoms with Crippen molar-refractivity contribution in [3.63, 3.8) is 0 Å². The fourth-order valence-corrected chi connectivity index (χ4v) is 1.44. The number of carbonyl (C=O) groups excluding carboxylic acids is 1. The molecule has 0 aromatic carbocycles. The molecule has 0 spiro atoms. The number of hydrogen-bond donors (Lipinski definition) is 2. The maximum atomic E-state index is 10.5. The maximum absolute atomic E-state index is 10.5. The van der Waals surface area contributed by atoms with Crippen LogP contribution in [-0.4, -0.2) is 17.9 Å². The van der Waals surface area contributed by atoms with Gasteiger partial charge in [0.1, 0.15) is 6.29 Å². The number of nitrogens with zero attached hydrogens (tertiary/aromatic N) is 2. The zero-order valence-electron chi connectivity index (χ0n) is 9.81. The molecule has 0 unspecified atom stereocenters. The molecular weight excluding hydrogens is 206 g/mol. The van der Waals surface area contributed by atoms with Crippen LogP contribution in [0.1, 0.15) is 33.1 Å². The topological polar surface area (TPSA) is 88.0 Å². The Hall–Kier alpha value is -1.65. The smallest absolute Gasteiger partial charge is 0.146 e. The van der Waals surface area contributed by atoms with Crippen LogP contribution in [0.4, 0.5) is 0 Å². The fraction of sp³-hybridized carbons (Fsp3) is 0.545. The summed E-state index contributed by atoms with van der Waals surface area (Å²) in [6.07, 6.45) is 4.71. The molecule has 3 N–H and O–H groups in total. The Morgan fingerprint density at radius 3 is 2.56 bits per heavy atom. The van der Waals surface area contributed by atoms with E-state index in [1.54, 1.807) is 0 Å². The molecule has 1 aliphatic carbocycles. The molecule has 0 saturated carbocycles. The molecule has 90 valence electrons. The van der Waals surface area contributed by atoms with E-state index in [-0.39, 0.29) is 0 Å². The molecule has 0 aromatic heterocycles. The second kappa shape index (κ2) is 8.64. The number of allylic oxidation sites excluding steroid dienone is 3. The molecule has 0 heterocycles. The highest BCUT2D eigenvalue weighted by molar-refractivity contribution is 5.76. The summed E-state index contributed by atoms with van der Waals surface area (Å²) in [5.74, 6) is 4.60. The van der Waals surface area contributed by atoms with Crippen molar-refractivity contribution in [3.05, 3.63) is 23.0 Å². The van der Waals surface area contributed by atoms with Gasteiger partial charge in [0.2, 0.25) is 0 Å². The molecule has 0 fully saturated rings. The lowest BCUT2D eigenvalue weighted by Gasteiger charge is -2.15. The van der Waals surface area contributed by atoms with Gasteiger partial charge in [-0.3, -0.25) is 4.79 Å². The van der Waals surface area contributed by atoms with Crippen LogP contribution >= 0.6 is 0 Å². The first-order valence-corrected chi connectivity index (χ1v) is 5.26. The van der Waals surface area contributed by atoms with Gasteiger partial charge in [-0.25, -0.2) is 0 Å². The molecule has 0 saturated heterocycles. The van der Waals surface area contributed by atoms with Crippen LogP contribution in [-0.2, 0) is 4.79 Å². The number of hydrogen-bond acceptors (Lipinski definition) is 4. The third-order valence-electron chi connectivity index (χ3n) is 2.38. The highest BCUT2D eigenvalue weighted by Gasteiger charge is 2.12. The number of aliphatic hydroxyl groups excluding tert-OH is 1. The van der Waals surface area contributed by atoms with Crippen LogP contribution in [0, 0.1) is 0 Å². The minimum atomic E-state index is 0.677. The van der Waals surface area contributed by atoms with Gasteiger partial charge in [0.25, 0.3) is 0 Å². The van der Waals surface area contributed by atoms with Gasteiger partial charge in [-0.1, -0.05) is 5.22 Å². The van der Waals surface area contributed by atoms with Gasteiger partial charge in [-0.05, 0) is 49.8 Å². The molecule has 0 bridgehead atoms. The van der Waals surface area contributed by atoms with Gasteiger partial charge in [0, 0.05) is 0 Å². The normalized spacial score (nSPS) is 18.5. The van der Waals surface area contributed by atoms with Crippen molar-refractivity contribution in [2.75, 3.05) is 6.54 Å².